The van der Waals surface area contributed by atoms with Crippen molar-refractivity contribution in [2.24, 2.45) is 0 Å². The van der Waals surface area contributed by atoms with Crippen molar-refractivity contribution in [2.75, 3.05) is 0 Å². The van der Waals surface area contributed by atoms with E-state index in [0.717, 1.165) is 29.5 Å². The highest BCUT2D eigenvalue weighted by atomic mass is 16.7. The van der Waals surface area contributed by atoms with Crippen molar-refractivity contribution in [3.8, 4) is 11.5 Å². The van der Waals surface area contributed by atoms with Gasteiger partial charge in [-0.1, -0.05) is 32.0 Å². The number of hydrogen-bond donors (Lipinski definition) is 0. The molecule has 0 bridgehead atoms. The van der Waals surface area contributed by atoms with Crippen molar-refractivity contribution in [1.29, 1.82) is 0 Å². The summed E-state index contributed by atoms with van der Waals surface area (Å²) < 4.78 is 10.8. The smallest absolute Gasteiger partial charge is 0.394 e. The van der Waals surface area contributed by atoms with E-state index in [1.807, 2.05) is 45.0 Å². The van der Waals surface area contributed by atoms with Crippen LogP contribution in [0, 0.1) is 20.8 Å². The summed E-state index contributed by atoms with van der Waals surface area (Å²) in [5.41, 5.74) is 5.51. The average Bonchev–Trinajstić information content (AvgIpc) is 2.55. The predicted molar refractivity (Wildman–Crippen MR) is 92.5 cm³/mol. The fourth-order valence-electron chi connectivity index (χ4n) is 2.68. The van der Waals surface area contributed by atoms with Gasteiger partial charge in [0, 0.05) is 0 Å². The van der Waals surface area contributed by atoms with Crippen molar-refractivity contribution in [3.05, 3.63) is 58.1 Å². The summed E-state index contributed by atoms with van der Waals surface area (Å²) in [6, 6.07) is 9.53. The zero-order valence-corrected chi connectivity index (χ0v) is 14.5. The minimum absolute atomic E-state index is 0.544. The lowest BCUT2D eigenvalue weighted by Crippen LogP contribution is -2.16. The Morgan fingerprint density at radius 2 is 1.57 bits per heavy atom. The van der Waals surface area contributed by atoms with Crippen LogP contribution in [-0.2, 0) is 12.8 Å². The van der Waals surface area contributed by atoms with Crippen molar-refractivity contribution < 1.29 is 14.3 Å². The fraction of sp³-hybridized carbons (Fsp3) is 0.350. The third-order valence-corrected chi connectivity index (χ3v) is 4.36. The number of aryl methyl sites for hydroxylation is 2. The van der Waals surface area contributed by atoms with E-state index in [-0.39, 0.29) is 0 Å². The van der Waals surface area contributed by atoms with E-state index < -0.39 is 6.16 Å². The number of rotatable bonds is 4. The molecule has 3 nitrogen and oxygen atoms in total. The minimum Gasteiger partial charge on any atom is -0.394 e. The Kier molecular flexibility index (Phi) is 5.43. The first-order valence-electron chi connectivity index (χ1n) is 8.05. The van der Waals surface area contributed by atoms with Gasteiger partial charge in [-0.3, -0.25) is 0 Å². The molecule has 0 amide bonds. The van der Waals surface area contributed by atoms with Gasteiger partial charge in [-0.25, -0.2) is 4.79 Å². The lowest BCUT2D eigenvalue weighted by molar-refractivity contribution is 0.151. The van der Waals surface area contributed by atoms with Crippen molar-refractivity contribution >= 4 is 6.16 Å². The van der Waals surface area contributed by atoms with Crippen LogP contribution >= 0.6 is 0 Å². The number of hydrogen-bond acceptors (Lipinski definition) is 3. The molecule has 122 valence electrons. The quantitative estimate of drug-likeness (QED) is 0.566. The second-order valence-corrected chi connectivity index (χ2v) is 5.69. The molecule has 0 N–H and O–H groups in total. The Labute approximate surface area is 138 Å². The monoisotopic (exact) mass is 312 g/mol. The highest BCUT2D eigenvalue weighted by molar-refractivity contribution is 5.69. The van der Waals surface area contributed by atoms with Crippen LogP contribution < -0.4 is 9.47 Å². The van der Waals surface area contributed by atoms with E-state index in [4.69, 9.17) is 9.47 Å². The average molecular weight is 312 g/mol. The third-order valence-electron chi connectivity index (χ3n) is 4.36. The summed E-state index contributed by atoms with van der Waals surface area (Å²) in [4.78, 5) is 12.2. The summed E-state index contributed by atoms with van der Waals surface area (Å²) >= 11 is 0. The van der Waals surface area contributed by atoms with E-state index in [2.05, 4.69) is 19.9 Å². The first-order valence-corrected chi connectivity index (χ1v) is 8.05. The lowest BCUT2D eigenvalue weighted by Gasteiger charge is -2.14. The molecular formula is C20H24O3. The van der Waals surface area contributed by atoms with Gasteiger partial charge in [0.2, 0.25) is 0 Å². The van der Waals surface area contributed by atoms with E-state index >= 15 is 0 Å². The Morgan fingerprint density at radius 1 is 0.870 bits per heavy atom. The second-order valence-electron chi connectivity index (χ2n) is 5.69. The molecule has 3 heteroatoms. The maximum Gasteiger partial charge on any atom is 0.519 e. The molecule has 0 unspecified atom stereocenters. The van der Waals surface area contributed by atoms with Crippen LogP contribution in [0.15, 0.2) is 30.3 Å². The van der Waals surface area contributed by atoms with Gasteiger partial charge in [-0.05, 0) is 73.6 Å². The maximum absolute atomic E-state index is 12.2. The Hall–Kier alpha value is -2.29. The molecule has 0 radical (unpaired) electrons. The molecular weight excluding hydrogens is 288 g/mol. The van der Waals surface area contributed by atoms with Crippen LogP contribution in [0.1, 0.15) is 41.7 Å². The SMILES string of the molecule is CCc1cccc(OC(=O)Oc2ccc(C)c(C)c2C)c1CC. The Morgan fingerprint density at radius 3 is 2.22 bits per heavy atom. The van der Waals surface area contributed by atoms with Crippen LogP contribution in [0.2, 0.25) is 0 Å². The van der Waals surface area contributed by atoms with Gasteiger partial charge in [0.15, 0.2) is 0 Å². The number of benzene rings is 2. The van der Waals surface area contributed by atoms with E-state index in [1.54, 1.807) is 0 Å². The fourth-order valence-corrected chi connectivity index (χ4v) is 2.68. The first-order chi connectivity index (χ1) is 11.0. The molecule has 0 aliphatic carbocycles. The number of carbonyl (C=O) groups excluding carboxylic acids is 1. The summed E-state index contributed by atoms with van der Waals surface area (Å²) in [6.07, 6.45) is 1.03. The zero-order valence-electron chi connectivity index (χ0n) is 14.5. The largest absolute Gasteiger partial charge is 0.519 e. The maximum atomic E-state index is 12.2. The van der Waals surface area contributed by atoms with Gasteiger partial charge in [-0.15, -0.1) is 0 Å². The zero-order chi connectivity index (χ0) is 17.0. The van der Waals surface area contributed by atoms with Crippen LogP contribution in [0.3, 0.4) is 0 Å². The van der Waals surface area contributed by atoms with Gasteiger partial charge in [0.1, 0.15) is 11.5 Å². The van der Waals surface area contributed by atoms with Crippen molar-refractivity contribution in [3.63, 3.8) is 0 Å². The molecule has 0 saturated heterocycles. The molecule has 2 aromatic rings. The van der Waals surface area contributed by atoms with E-state index in [1.165, 1.54) is 11.1 Å². The van der Waals surface area contributed by atoms with Gasteiger partial charge >= 0.3 is 6.16 Å². The molecule has 0 aliphatic rings. The van der Waals surface area contributed by atoms with Gasteiger partial charge in [-0.2, -0.15) is 0 Å². The molecule has 23 heavy (non-hydrogen) atoms. The molecule has 0 spiro atoms. The predicted octanol–water partition coefficient (Wildman–Crippen LogP) is 5.31. The molecule has 2 rings (SSSR count). The topological polar surface area (TPSA) is 35.5 Å². The van der Waals surface area contributed by atoms with Gasteiger partial charge in [0.05, 0.1) is 0 Å². The summed E-state index contributed by atoms with van der Waals surface area (Å²) in [6.45, 7) is 10.1. The van der Waals surface area contributed by atoms with E-state index in [9.17, 15) is 4.79 Å². The third kappa shape index (κ3) is 3.73. The standard InChI is InChI=1S/C20H24O3/c1-6-16-9-8-10-19(17(16)7-2)23-20(21)22-18-12-11-13(3)14(4)15(18)5/h8-12H,6-7H2,1-5H3. The number of carbonyl (C=O) groups is 1. The van der Waals surface area contributed by atoms with Crippen LogP contribution in [0.5, 0.6) is 11.5 Å². The van der Waals surface area contributed by atoms with Crippen LogP contribution in [0.25, 0.3) is 0 Å². The second kappa shape index (κ2) is 7.32. The Bertz CT molecular complexity index is 717. The minimum atomic E-state index is -0.695. The summed E-state index contributed by atoms with van der Waals surface area (Å²) in [7, 11) is 0. The first kappa shape index (κ1) is 17.1. The lowest BCUT2D eigenvalue weighted by atomic mass is 10.0. The molecule has 0 fully saturated rings. The van der Waals surface area contributed by atoms with E-state index in [0.29, 0.717) is 11.5 Å². The molecule has 0 aromatic heterocycles. The highest BCUT2D eigenvalue weighted by Gasteiger charge is 2.15. The molecule has 0 atom stereocenters. The molecule has 2 aromatic carbocycles. The molecule has 0 saturated carbocycles. The molecule has 0 heterocycles. The van der Waals surface area contributed by atoms with Gasteiger partial charge < -0.3 is 9.47 Å². The Balaban J connectivity index is 2.19. The summed E-state index contributed by atoms with van der Waals surface area (Å²) in [5, 5.41) is 0. The van der Waals surface area contributed by atoms with Crippen molar-refractivity contribution in [2.45, 2.75) is 47.5 Å². The normalized spacial score (nSPS) is 10.5. The molecule has 0 aliphatic heterocycles. The highest BCUT2D eigenvalue weighted by Crippen LogP contribution is 2.26. The van der Waals surface area contributed by atoms with Crippen LogP contribution in [-0.4, -0.2) is 6.16 Å². The van der Waals surface area contributed by atoms with Crippen LogP contribution in [0.4, 0.5) is 4.79 Å². The number of ether oxygens (including phenoxy) is 2. The van der Waals surface area contributed by atoms with Crippen molar-refractivity contribution in [1.82, 2.24) is 0 Å². The van der Waals surface area contributed by atoms with Gasteiger partial charge in [0.25, 0.3) is 0 Å². The summed E-state index contributed by atoms with van der Waals surface area (Å²) in [5.74, 6) is 1.13.